The van der Waals surface area contributed by atoms with Crippen molar-refractivity contribution in [2.24, 2.45) is 0 Å². The average molecular weight is 388 g/mol. The smallest absolute Gasteiger partial charge is 0.326 e. The number of rotatable bonds is 4. The monoisotopic (exact) mass is 388 g/mol. The van der Waals surface area contributed by atoms with Crippen LogP contribution in [0.3, 0.4) is 0 Å². The molecule has 0 saturated heterocycles. The summed E-state index contributed by atoms with van der Waals surface area (Å²) in [5.74, 6) is -0.390. The number of benzene rings is 2. The Labute approximate surface area is 145 Å². The number of nitrogens with zero attached hydrogens (tertiary/aromatic N) is 1. The molecule has 0 fully saturated rings. The van der Waals surface area contributed by atoms with Gasteiger partial charge in [-0.3, -0.25) is 14.9 Å². The van der Waals surface area contributed by atoms with Crippen LogP contribution >= 0.6 is 0 Å². The minimum atomic E-state index is -4.85. The first-order valence-electron chi connectivity index (χ1n) is 6.91. The molecule has 0 aromatic heterocycles. The fourth-order valence-electron chi connectivity index (χ4n) is 2.11. The molecule has 26 heavy (non-hydrogen) atoms. The number of nitro benzene ring substituents is 1. The summed E-state index contributed by atoms with van der Waals surface area (Å²) < 4.78 is 63.3. The summed E-state index contributed by atoms with van der Waals surface area (Å²) in [7, 11) is -4.44. The van der Waals surface area contributed by atoms with Crippen LogP contribution in [0.5, 0.6) is 0 Å². The lowest BCUT2D eigenvalue weighted by Gasteiger charge is -2.10. The van der Waals surface area contributed by atoms with Crippen LogP contribution in [0, 0.1) is 10.1 Å². The standard InChI is InChI=1S/C15H11F3N2O5S/c1-9(21)19-11-3-5-12(6-4-11)26(24,25)14-7-2-10(15(16,17)18)8-13(14)20(22)23/h2-8H,1H3,(H,19,21). The topological polar surface area (TPSA) is 106 Å². The minimum absolute atomic E-state index is 0.179. The molecule has 138 valence electrons. The summed E-state index contributed by atoms with van der Waals surface area (Å²) in [5, 5.41) is 13.5. The number of anilines is 1. The predicted octanol–water partition coefficient (Wildman–Crippen LogP) is 3.40. The Kier molecular flexibility index (Phi) is 5.03. The van der Waals surface area contributed by atoms with Crippen LogP contribution in [0.1, 0.15) is 12.5 Å². The van der Waals surface area contributed by atoms with E-state index in [1.807, 2.05) is 0 Å². The molecule has 2 rings (SSSR count). The molecule has 0 unspecified atom stereocenters. The van der Waals surface area contributed by atoms with Crippen LogP contribution in [0.2, 0.25) is 0 Å². The number of nitrogens with one attached hydrogen (secondary N) is 1. The molecule has 0 atom stereocenters. The second-order valence-corrected chi connectivity index (χ2v) is 7.06. The Morgan fingerprint density at radius 3 is 2.15 bits per heavy atom. The van der Waals surface area contributed by atoms with Crippen molar-refractivity contribution in [1.82, 2.24) is 0 Å². The van der Waals surface area contributed by atoms with Gasteiger partial charge in [-0.2, -0.15) is 13.2 Å². The SMILES string of the molecule is CC(=O)Nc1ccc(S(=O)(=O)c2ccc(C(F)(F)F)cc2[N+](=O)[O-])cc1. The summed E-state index contributed by atoms with van der Waals surface area (Å²) in [6, 6.07) is 5.88. The second kappa shape index (κ2) is 6.75. The third kappa shape index (κ3) is 3.99. The highest BCUT2D eigenvalue weighted by atomic mass is 32.2. The first-order chi connectivity index (χ1) is 11.9. The molecular weight excluding hydrogens is 377 g/mol. The lowest BCUT2D eigenvalue weighted by atomic mass is 10.2. The third-order valence-corrected chi connectivity index (χ3v) is 5.07. The number of carbonyl (C=O) groups excluding carboxylic acids is 1. The summed E-state index contributed by atoms with van der Waals surface area (Å²) in [5.41, 5.74) is -2.21. The van der Waals surface area contributed by atoms with Gasteiger partial charge in [-0.25, -0.2) is 8.42 Å². The maximum atomic E-state index is 12.7. The van der Waals surface area contributed by atoms with E-state index in [9.17, 15) is 36.5 Å². The van der Waals surface area contributed by atoms with E-state index in [1.54, 1.807) is 0 Å². The van der Waals surface area contributed by atoms with Gasteiger partial charge in [0.2, 0.25) is 15.7 Å². The number of carbonyl (C=O) groups is 1. The fraction of sp³-hybridized carbons (Fsp3) is 0.133. The van der Waals surface area contributed by atoms with E-state index in [2.05, 4.69) is 5.32 Å². The molecule has 2 aromatic rings. The number of amides is 1. The van der Waals surface area contributed by atoms with E-state index in [0.717, 1.165) is 12.1 Å². The van der Waals surface area contributed by atoms with Gasteiger partial charge in [-0.15, -0.1) is 0 Å². The Bertz CT molecular complexity index is 970. The highest BCUT2D eigenvalue weighted by Crippen LogP contribution is 2.36. The quantitative estimate of drug-likeness (QED) is 0.638. The molecule has 0 bridgehead atoms. The van der Waals surface area contributed by atoms with Gasteiger partial charge in [0, 0.05) is 18.7 Å². The third-order valence-electron chi connectivity index (χ3n) is 3.26. The van der Waals surface area contributed by atoms with Crippen LogP contribution in [0.25, 0.3) is 0 Å². The van der Waals surface area contributed by atoms with Crippen molar-refractivity contribution in [3.05, 3.63) is 58.1 Å². The van der Waals surface area contributed by atoms with Crippen molar-refractivity contribution in [3.63, 3.8) is 0 Å². The first kappa shape index (κ1) is 19.4. The molecule has 11 heteroatoms. The molecule has 0 aliphatic rings. The first-order valence-corrected chi connectivity index (χ1v) is 8.39. The van der Waals surface area contributed by atoms with E-state index in [4.69, 9.17) is 0 Å². The summed E-state index contributed by atoms with van der Waals surface area (Å²) in [4.78, 5) is 19.6. The van der Waals surface area contributed by atoms with Gasteiger partial charge in [-0.1, -0.05) is 0 Å². The molecule has 0 radical (unpaired) electrons. The molecular formula is C15H11F3N2O5S. The van der Waals surface area contributed by atoms with Crippen LogP contribution in [-0.2, 0) is 20.8 Å². The Balaban J connectivity index is 2.55. The van der Waals surface area contributed by atoms with Crippen LogP contribution in [0.15, 0.2) is 52.3 Å². The molecule has 0 aliphatic carbocycles. The van der Waals surface area contributed by atoms with E-state index in [-0.39, 0.29) is 16.9 Å². The molecule has 0 spiro atoms. The van der Waals surface area contributed by atoms with Gasteiger partial charge >= 0.3 is 6.18 Å². The number of hydrogen-bond donors (Lipinski definition) is 1. The van der Waals surface area contributed by atoms with Crippen molar-refractivity contribution >= 4 is 27.1 Å². The van der Waals surface area contributed by atoms with Gasteiger partial charge < -0.3 is 5.32 Å². The van der Waals surface area contributed by atoms with Crippen LogP contribution < -0.4 is 5.32 Å². The molecule has 1 N–H and O–H groups in total. The summed E-state index contributed by atoms with van der Waals surface area (Å²) in [6.07, 6.45) is -4.85. The van der Waals surface area contributed by atoms with Gasteiger partial charge in [0.25, 0.3) is 5.69 Å². The molecule has 1 amide bonds. The van der Waals surface area contributed by atoms with Gasteiger partial charge in [0.15, 0.2) is 0 Å². The summed E-state index contributed by atoms with van der Waals surface area (Å²) in [6.45, 7) is 1.25. The average Bonchev–Trinajstić information content (AvgIpc) is 2.53. The molecule has 0 aliphatic heterocycles. The highest BCUT2D eigenvalue weighted by molar-refractivity contribution is 7.91. The zero-order chi connectivity index (χ0) is 19.7. The van der Waals surface area contributed by atoms with Crippen molar-refractivity contribution in [2.45, 2.75) is 22.9 Å². The highest BCUT2D eigenvalue weighted by Gasteiger charge is 2.35. The van der Waals surface area contributed by atoms with E-state index in [1.165, 1.54) is 19.1 Å². The Hall–Kier alpha value is -2.95. The molecule has 0 saturated carbocycles. The fourth-order valence-corrected chi connectivity index (χ4v) is 3.52. The molecule has 2 aromatic carbocycles. The largest absolute Gasteiger partial charge is 0.416 e. The Morgan fingerprint density at radius 2 is 1.69 bits per heavy atom. The van der Waals surface area contributed by atoms with Crippen molar-refractivity contribution in [2.75, 3.05) is 5.32 Å². The van der Waals surface area contributed by atoms with Crippen molar-refractivity contribution in [3.8, 4) is 0 Å². The summed E-state index contributed by atoms with van der Waals surface area (Å²) >= 11 is 0. The Morgan fingerprint density at radius 1 is 1.12 bits per heavy atom. The second-order valence-electron chi connectivity index (χ2n) is 5.15. The van der Waals surface area contributed by atoms with E-state index >= 15 is 0 Å². The molecule has 7 nitrogen and oxygen atoms in total. The van der Waals surface area contributed by atoms with Crippen molar-refractivity contribution < 1.29 is 31.3 Å². The lowest BCUT2D eigenvalue weighted by Crippen LogP contribution is -2.10. The number of sulfone groups is 1. The van der Waals surface area contributed by atoms with Gasteiger partial charge in [-0.05, 0) is 36.4 Å². The maximum Gasteiger partial charge on any atom is 0.416 e. The zero-order valence-corrected chi connectivity index (χ0v) is 13.9. The molecule has 0 heterocycles. The normalized spacial score (nSPS) is 11.8. The predicted molar refractivity (Wildman–Crippen MR) is 84.3 cm³/mol. The van der Waals surface area contributed by atoms with Crippen LogP contribution in [0.4, 0.5) is 24.5 Å². The lowest BCUT2D eigenvalue weighted by molar-refractivity contribution is -0.388. The van der Waals surface area contributed by atoms with Gasteiger partial charge in [0.05, 0.1) is 15.4 Å². The number of halogens is 3. The zero-order valence-electron chi connectivity index (χ0n) is 13.1. The van der Waals surface area contributed by atoms with E-state index < -0.39 is 37.1 Å². The number of hydrogen-bond acceptors (Lipinski definition) is 5. The minimum Gasteiger partial charge on any atom is -0.326 e. The number of nitro groups is 1. The van der Waals surface area contributed by atoms with E-state index in [0.29, 0.717) is 17.8 Å². The van der Waals surface area contributed by atoms with Crippen molar-refractivity contribution in [1.29, 1.82) is 0 Å². The number of alkyl halides is 3. The van der Waals surface area contributed by atoms with Gasteiger partial charge in [0.1, 0.15) is 4.90 Å². The van der Waals surface area contributed by atoms with Crippen LogP contribution in [-0.4, -0.2) is 19.2 Å². The maximum absolute atomic E-state index is 12.7.